The minimum absolute atomic E-state index is 0.109. The molecule has 0 unspecified atom stereocenters. The Morgan fingerprint density at radius 2 is 2.17 bits per heavy atom. The van der Waals surface area contributed by atoms with Gasteiger partial charge in [0.15, 0.2) is 11.5 Å². The average Bonchev–Trinajstić information content (AvgIpc) is 3.01. The smallest absolute Gasteiger partial charge is 0.369 e. The van der Waals surface area contributed by atoms with E-state index in [1.807, 2.05) is 0 Å². The second-order valence-corrected chi connectivity index (χ2v) is 4.41. The molecule has 0 atom stereocenters. The van der Waals surface area contributed by atoms with E-state index in [4.69, 9.17) is 10.2 Å². The number of nitrogens with one attached hydrogen (secondary N) is 1. The molecule has 2 aromatic rings. The van der Waals surface area contributed by atoms with Crippen LogP contribution in [0.2, 0.25) is 0 Å². The fraction of sp³-hybridized carbons (Fsp3) is 0.154. The number of oxime groups is 1. The van der Waals surface area contributed by atoms with Crippen molar-refractivity contribution in [1.82, 2.24) is 14.8 Å². The molecule has 0 aliphatic rings. The van der Waals surface area contributed by atoms with E-state index in [1.165, 1.54) is 24.0 Å². The van der Waals surface area contributed by atoms with Gasteiger partial charge in [-0.3, -0.25) is 10.6 Å². The van der Waals surface area contributed by atoms with Gasteiger partial charge < -0.3 is 15.0 Å². The molecule has 0 amide bonds. The lowest BCUT2D eigenvalue weighted by atomic mass is 10.1. The quantitative estimate of drug-likeness (QED) is 0.359. The highest BCUT2D eigenvalue weighted by Gasteiger charge is 2.15. The average molecular weight is 318 g/mol. The molecule has 0 saturated carbocycles. The maximum Gasteiger partial charge on any atom is 0.390 e. The highest BCUT2D eigenvalue weighted by Crippen LogP contribution is 2.07. The lowest BCUT2D eigenvalue weighted by Gasteiger charge is -2.13. The van der Waals surface area contributed by atoms with Crippen molar-refractivity contribution < 1.29 is 15.0 Å². The van der Waals surface area contributed by atoms with Crippen molar-refractivity contribution in [1.29, 1.82) is 5.41 Å². The molecule has 10 heteroatoms. The molecular weight excluding hydrogens is 304 g/mol. The summed E-state index contributed by atoms with van der Waals surface area (Å²) in [5, 5.41) is 35.9. The van der Waals surface area contributed by atoms with Crippen molar-refractivity contribution >= 4 is 17.4 Å². The van der Waals surface area contributed by atoms with Crippen LogP contribution in [0, 0.1) is 15.5 Å². The number of likely N-dealkylation sites (N-methyl/N-ethyl adjacent to an activating group) is 1. The molecule has 0 bridgehead atoms. The van der Waals surface area contributed by atoms with E-state index in [0.717, 1.165) is 0 Å². The van der Waals surface area contributed by atoms with Gasteiger partial charge in [0.25, 0.3) is 0 Å². The molecule has 0 aliphatic heterocycles. The summed E-state index contributed by atoms with van der Waals surface area (Å²) in [4.78, 5) is 15.0. The first-order chi connectivity index (χ1) is 11.0. The predicted molar refractivity (Wildman–Crippen MR) is 80.2 cm³/mol. The normalized spacial score (nSPS) is 11.1. The molecule has 0 fully saturated rings. The second kappa shape index (κ2) is 7.13. The number of amidine groups is 1. The van der Waals surface area contributed by atoms with Gasteiger partial charge in [-0.1, -0.05) is 35.5 Å². The van der Waals surface area contributed by atoms with Crippen LogP contribution in [0.1, 0.15) is 5.56 Å². The van der Waals surface area contributed by atoms with E-state index in [9.17, 15) is 15.3 Å². The number of hydrogen-bond acceptors (Lipinski definition) is 7. The zero-order chi connectivity index (χ0) is 16.8. The third-order valence-corrected chi connectivity index (χ3v) is 2.75. The van der Waals surface area contributed by atoms with Crippen LogP contribution in [-0.4, -0.2) is 43.6 Å². The topological polar surface area (TPSA) is 130 Å². The van der Waals surface area contributed by atoms with E-state index in [0.29, 0.717) is 10.6 Å². The van der Waals surface area contributed by atoms with E-state index in [1.54, 1.807) is 30.3 Å². The maximum absolute atomic E-state index is 10.5. The van der Waals surface area contributed by atoms with Crippen molar-refractivity contribution in [2.75, 3.05) is 7.05 Å². The van der Waals surface area contributed by atoms with Gasteiger partial charge in [-0.05, 0) is 4.92 Å². The lowest BCUT2D eigenvalue weighted by molar-refractivity contribution is -0.389. The Labute approximate surface area is 130 Å². The van der Waals surface area contributed by atoms with Crippen LogP contribution in [0.4, 0.5) is 5.82 Å². The molecule has 120 valence electrons. The van der Waals surface area contributed by atoms with Crippen LogP contribution >= 0.6 is 0 Å². The third kappa shape index (κ3) is 4.11. The number of hydrogen-bond donors (Lipinski definition) is 2. The Bertz CT molecular complexity index is 725. The number of nitrogens with zero attached hydrogens (tertiary/aromatic N) is 5. The molecule has 10 nitrogen and oxygen atoms in total. The zero-order valence-corrected chi connectivity index (χ0v) is 12.2. The molecule has 0 aliphatic carbocycles. The van der Waals surface area contributed by atoms with Crippen LogP contribution in [0.5, 0.6) is 0 Å². The largest absolute Gasteiger partial charge is 0.390 e. The molecule has 0 saturated heterocycles. The first-order valence-electron chi connectivity index (χ1n) is 6.44. The maximum atomic E-state index is 10.5. The fourth-order valence-corrected chi connectivity index (χ4v) is 1.65. The van der Waals surface area contributed by atoms with Gasteiger partial charge in [-0.25, -0.2) is 5.06 Å². The highest BCUT2D eigenvalue weighted by atomic mass is 16.6. The summed E-state index contributed by atoms with van der Waals surface area (Å²) in [6, 6.07) is 9.96. The van der Waals surface area contributed by atoms with Gasteiger partial charge >= 0.3 is 5.82 Å². The van der Waals surface area contributed by atoms with Gasteiger partial charge in [0.05, 0.1) is 17.4 Å². The van der Waals surface area contributed by atoms with E-state index in [-0.39, 0.29) is 24.1 Å². The first-order valence-corrected chi connectivity index (χ1v) is 6.44. The van der Waals surface area contributed by atoms with Crippen LogP contribution in [0.25, 0.3) is 0 Å². The molecular formula is C13H14N6O4. The van der Waals surface area contributed by atoms with E-state index in [2.05, 4.69) is 10.3 Å². The van der Waals surface area contributed by atoms with Gasteiger partial charge in [-0.2, -0.15) is 0 Å². The summed E-state index contributed by atoms with van der Waals surface area (Å²) in [5.74, 6) is -0.564. The van der Waals surface area contributed by atoms with Crippen molar-refractivity contribution in [2.24, 2.45) is 5.16 Å². The Kier molecular flexibility index (Phi) is 5.00. The standard InChI is InChI=1S/C13H14N6O4/c1-17(20)13(14)12(10-5-3-2-4-6-10)16-23-9-18-8-7-11(15-18)19(21)22/h2-8,14,20H,9H2,1H3/b14-13?,16-12+. The van der Waals surface area contributed by atoms with Crippen molar-refractivity contribution in [3.8, 4) is 0 Å². The monoisotopic (exact) mass is 318 g/mol. The summed E-state index contributed by atoms with van der Waals surface area (Å²) < 4.78 is 1.19. The van der Waals surface area contributed by atoms with E-state index >= 15 is 0 Å². The summed E-state index contributed by atoms with van der Waals surface area (Å²) in [7, 11) is 1.29. The summed E-state index contributed by atoms with van der Waals surface area (Å²) in [5.41, 5.74) is 0.683. The fourth-order valence-electron chi connectivity index (χ4n) is 1.65. The van der Waals surface area contributed by atoms with Crippen molar-refractivity contribution in [3.63, 3.8) is 0 Å². The number of hydroxylamine groups is 2. The van der Waals surface area contributed by atoms with Crippen LogP contribution in [-0.2, 0) is 11.6 Å². The molecule has 1 aromatic carbocycles. The van der Waals surface area contributed by atoms with Crippen molar-refractivity contribution in [3.05, 3.63) is 58.3 Å². The van der Waals surface area contributed by atoms with Gasteiger partial charge in [-0.15, -0.1) is 4.68 Å². The lowest BCUT2D eigenvalue weighted by Crippen LogP contribution is -2.30. The van der Waals surface area contributed by atoms with Gasteiger partial charge in [0, 0.05) is 12.6 Å². The van der Waals surface area contributed by atoms with Crippen LogP contribution in [0.3, 0.4) is 0 Å². The van der Waals surface area contributed by atoms with Crippen LogP contribution < -0.4 is 0 Å². The summed E-state index contributed by atoms with van der Waals surface area (Å²) in [6.07, 6.45) is 1.37. The minimum Gasteiger partial charge on any atom is -0.369 e. The van der Waals surface area contributed by atoms with E-state index < -0.39 is 4.92 Å². The molecule has 0 radical (unpaired) electrons. The highest BCUT2D eigenvalue weighted by molar-refractivity contribution is 6.45. The molecule has 2 N–H and O–H groups in total. The number of rotatable bonds is 6. The SMILES string of the molecule is CN(O)C(=N)/C(=N/OCn1ccc([N+](=O)[O-])n1)c1ccccc1. The predicted octanol–water partition coefficient (Wildman–Crippen LogP) is 1.47. The third-order valence-electron chi connectivity index (χ3n) is 2.75. The number of nitro groups is 1. The molecule has 0 spiro atoms. The molecule has 2 rings (SSSR count). The van der Waals surface area contributed by atoms with Gasteiger partial charge in [0.1, 0.15) is 0 Å². The number of benzene rings is 1. The minimum atomic E-state index is -0.619. The molecule has 1 heterocycles. The molecule has 23 heavy (non-hydrogen) atoms. The van der Waals surface area contributed by atoms with Crippen LogP contribution in [0.15, 0.2) is 47.8 Å². The first kappa shape index (κ1) is 16.1. The zero-order valence-electron chi connectivity index (χ0n) is 12.2. The Morgan fingerprint density at radius 1 is 1.48 bits per heavy atom. The van der Waals surface area contributed by atoms with Gasteiger partial charge in [0.2, 0.25) is 6.73 Å². The Morgan fingerprint density at radius 3 is 2.74 bits per heavy atom. The van der Waals surface area contributed by atoms with Crippen molar-refractivity contribution in [2.45, 2.75) is 6.73 Å². The summed E-state index contributed by atoms with van der Waals surface area (Å²) >= 11 is 0. The Hall–Kier alpha value is -3.27. The second-order valence-electron chi connectivity index (χ2n) is 4.41. The Balaban J connectivity index is 2.14. The number of aromatic nitrogens is 2. The summed E-state index contributed by atoms with van der Waals surface area (Å²) in [6.45, 7) is -0.174. The molecule has 1 aromatic heterocycles.